The van der Waals surface area contributed by atoms with Crippen molar-refractivity contribution in [1.82, 2.24) is 0 Å². The Labute approximate surface area is 126 Å². The highest BCUT2D eigenvalue weighted by Gasteiger charge is 2.16. The first-order chi connectivity index (χ1) is 9.15. The topological polar surface area (TPSA) is 61.4 Å². The molecule has 0 bridgehead atoms. The number of unbranched alkanes of at least 4 members (excludes halogenated alkanes) is 3. The summed E-state index contributed by atoms with van der Waals surface area (Å²) in [5.74, 6) is -1.15. The van der Waals surface area contributed by atoms with Crippen molar-refractivity contribution in [2.45, 2.75) is 58.1 Å². The van der Waals surface area contributed by atoms with Crippen molar-refractivity contribution >= 4 is 5.97 Å². The minimum absolute atomic E-state index is 0. The number of aryl methyl sites for hydroxylation is 2. The first kappa shape index (κ1) is 18.9. The predicted molar refractivity (Wildman–Crippen MR) is 72.7 cm³/mol. The number of carboxylic acid groups (broad SMARTS) is 1. The molecule has 0 aliphatic carbocycles. The van der Waals surface area contributed by atoms with Crippen molar-refractivity contribution in [2.75, 3.05) is 0 Å². The molecule has 114 valence electrons. The molecule has 0 saturated carbocycles. The Morgan fingerprint density at radius 2 is 2.05 bits per heavy atom. The highest BCUT2D eigenvalue weighted by atomic mass is 35.5. The first-order valence-corrected chi connectivity index (χ1v) is 7.03. The first-order valence-electron chi connectivity index (χ1n) is 7.03. The molecule has 0 amide bonds. The quantitative estimate of drug-likeness (QED) is 0.451. The van der Waals surface area contributed by atoms with Gasteiger partial charge >= 0.3 is 5.97 Å². The van der Waals surface area contributed by atoms with Crippen molar-refractivity contribution < 1.29 is 32.0 Å². The Morgan fingerprint density at radius 3 is 2.70 bits per heavy atom. The molecular weight excluding hydrogens is 278 g/mol. The zero-order chi connectivity index (χ0) is 14.1. The number of aliphatic hydroxyl groups excluding tert-OH is 1. The highest BCUT2D eigenvalue weighted by molar-refractivity contribution is 5.71. The van der Waals surface area contributed by atoms with E-state index in [4.69, 9.17) is 5.11 Å². The number of rotatable bonds is 9. The molecule has 0 aromatic carbocycles. The van der Waals surface area contributed by atoms with Gasteiger partial charge in [-0.3, -0.25) is 0 Å². The third kappa shape index (κ3) is 6.87. The summed E-state index contributed by atoms with van der Waals surface area (Å²) in [6.07, 6.45) is 6.42. The van der Waals surface area contributed by atoms with E-state index in [0.717, 1.165) is 18.7 Å². The van der Waals surface area contributed by atoms with Crippen LogP contribution in [0.3, 0.4) is 0 Å². The van der Waals surface area contributed by atoms with Crippen LogP contribution in [0.15, 0.2) is 24.4 Å². The van der Waals surface area contributed by atoms with E-state index in [-0.39, 0.29) is 18.8 Å². The number of aromatic nitrogens is 1. The number of carboxylic acids is 1. The zero-order valence-corrected chi connectivity index (χ0v) is 12.7. The van der Waals surface area contributed by atoms with Gasteiger partial charge in [0.25, 0.3) is 0 Å². The summed E-state index contributed by atoms with van der Waals surface area (Å²) < 4.78 is 2.16. The fourth-order valence-electron chi connectivity index (χ4n) is 2.07. The molecule has 0 spiro atoms. The Hall–Kier alpha value is -1.13. The number of aliphatic carboxylic acids is 1. The molecule has 2 N–H and O–H groups in total. The number of pyridine rings is 1. The second-order valence-corrected chi connectivity index (χ2v) is 4.84. The lowest BCUT2D eigenvalue weighted by atomic mass is 10.1. The van der Waals surface area contributed by atoms with E-state index in [2.05, 4.69) is 11.5 Å². The van der Waals surface area contributed by atoms with Gasteiger partial charge in [0.15, 0.2) is 18.0 Å². The Kier molecular flexibility index (Phi) is 10.0. The summed E-state index contributed by atoms with van der Waals surface area (Å²) in [4.78, 5) is 10.6. The Balaban J connectivity index is 0.00000361. The maximum Gasteiger partial charge on any atom is 0.332 e. The highest BCUT2D eigenvalue weighted by Crippen LogP contribution is 2.03. The number of nitrogens with zero attached hydrogens (tertiary/aromatic N) is 1. The van der Waals surface area contributed by atoms with Gasteiger partial charge in [-0.25, -0.2) is 9.36 Å². The van der Waals surface area contributed by atoms with E-state index in [1.807, 2.05) is 24.4 Å². The molecule has 1 aromatic heterocycles. The zero-order valence-electron chi connectivity index (χ0n) is 12.0. The van der Waals surface area contributed by atoms with E-state index < -0.39 is 12.1 Å². The average Bonchev–Trinajstić information content (AvgIpc) is 2.42. The minimum atomic E-state index is -1.27. The van der Waals surface area contributed by atoms with Gasteiger partial charge in [0.2, 0.25) is 0 Å². The fourth-order valence-corrected chi connectivity index (χ4v) is 2.07. The van der Waals surface area contributed by atoms with Gasteiger partial charge in [0.05, 0.1) is 0 Å². The molecule has 0 radical (unpaired) electrons. The normalized spacial score (nSPS) is 11.7. The fraction of sp³-hybridized carbons (Fsp3) is 0.600. The van der Waals surface area contributed by atoms with Crippen LogP contribution in [-0.2, 0) is 17.8 Å². The van der Waals surface area contributed by atoms with Crippen molar-refractivity contribution in [3.05, 3.63) is 30.1 Å². The van der Waals surface area contributed by atoms with Crippen LogP contribution >= 0.6 is 0 Å². The van der Waals surface area contributed by atoms with Crippen LogP contribution in [0.1, 0.15) is 44.7 Å². The van der Waals surface area contributed by atoms with Crippen molar-refractivity contribution in [1.29, 1.82) is 0 Å². The lowest BCUT2D eigenvalue weighted by Crippen LogP contribution is -3.00. The van der Waals surface area contributed by atoms with Gasteiger partial charge in [-0.05, 0) is 12.8 Å². The van der Waals surface area contributed by atoms with Crippen LogP contribution in [0.2, 0.25) is 0 Å². The summed E-state index contributed by atoms with van der Waals surface area (Å²) in [5.41, 5.74) is 1.08. The number of carbonyl (C=O) groups is 1. The molecule has 0 aliphatic heterocycles. The third-order valence-corrected chi connectivity index (χ3v) is 3.25. The van der Waals surface area contributed by atoms with Crippen LogP contribution in [-0.4, -0.2) is 22.3 Å². The Bertz CT molecular complexity index is 398. The second kappa shape index (κ2) is 10.6. The SMILES string of the molecule is CCCCCC[n+]1ccccc1CCC(O)C(=O)O.[Cl-]. The summed E-state index contributed by atoms with van der Waals surface area (Å²) >= 11 is 0. The molecule has 0 fully saturated rings. The van der Waals surface area contributed by atoms with Crippen molar-refractivity contribution in [3.8, 4) is 0 Å². The smallest absolute Gasteiger partial charge is 0.332 e. The summed E-state index contributed by atoms with van der Waals surface area (Å²) in [6.45, 7) is 3.15. The van der Waals surface area contributed by atoms with Crippen molar-refractivity contribution in [3.63, 3.8) is 0 Å². The summed E-state index contributed by atoms with van der Waals surface area (Å²) in [7, 11) is 0. The van der Waals surface area contributed by atoms with Gasteiger partial charge < -0.3 is 22.6 Å². The number of hydrogen-bond acceptors (Lipinski definition) is 2. The van der Waals surface area contributed by atoms with E-state index >= 15 is 0 Å². The molecule has 1 atom stereocenters. The van der Waals surface area contributed by atoms with Gasteiger partial charge in [-0.2, -0.15) is 0 Å². The molecule has 1 rings (SSSR count). The number of aliphatic hydroxyl groups is 1. The van der Waals surface area contributed by atoms with Gasteiger partial charge in [0, 0.05) is 25.0 Å². The lowest BCUT2D eigenvalue weighted by molar-refractivity contribution is -0.704. The predicted octanol–water partition coefficient (Wildman–Crippen LogP) is -1.06. The van der Waals surface area contributed by atoms with Crippen LogP contribution < -0.4 is 17.0 Å². The lowest BCUT2D eigenvalue weighted by Gasteiger charge is -2.06. The van der Waals surface area contributed by atoms with E-state index in [9.17, 15) is 9.90 Å². The minimum Gasteiger partial charge on any atom is -1.00 e. The van der Waals surface area contributed by atoms with Gasteiger partial charge in [-0.1, -0.05) is 25.8 Å². The summed E-state index contributed by atoms with van der Waals surface area (Å²) in [5, 5.41) is 18.0. The Morgan fingerprint density at radius 1 is 1.30 bits per heavy atom. The molecule has 1 heterocycles. The average molecular weight is 302 g/mol. The monoisotopic (exact) mass is 301 g/mol. The molecular formula is C15H24ClNO3. The maximum atomic E-state index is 10.6. The largest absolute Gasteiger partial charge is 1.00 e. The van der Waals surface area contributed by atoms with Crippen molar-refractivity contribution in [2.24, 2.45) is 0 Å². The molecule has 20 heavy (non-hydrogen) atoms. The van der Waals surface area contributed by atoms with Gasteiger partial charge in [-0.15, -0.1) is 0 Å². The number of halogens is 1. The molecule has 4 nitrogen and oxygen atoms in total. The standard InChI is InChI=1S/C15H23NO3.ClH/c1-2-3-4-6-11-16-12-7-5-8-13(16)9-10-14(17)15(18)19;/h5,7-8,12,14,17H,2-4,6,9-11H2,1H3;1H. The third-order valence-electron chi connectivity index (χ3n) is 3.25. The van der Waals surface area contributed by atoms with E-state index in [0.29, 0.717) is 6.42 Å². The molecule has 0 saturated heterocycles. The second-order valence-electron chi connectivity index (χ2n) is 4.84. The molecule has 0 aliphatic rings. The van der Waals surface area contributed by atoms with E-state index in [1.165, 1.54) is 19.3 Å². The van der Waals surface area contributed by atoms with Crippen LogP contribution in [0, 0.1) is 0 Å². The van der Waals surface area contributed by atoms with Crippen LogP contribution in [0.4, 0.5) is 0 Å². The molecule has 1 unspecified atom stereocenters. The van der Waals surface area contributed by atoms with Crippen LogP contribution in [0.5, 0.6) is 0 Å². The summed E-state index contributed by atoms with van der Waals surface area (Å²) in [6, 6.07) is 5.93. The van der Waals surface area contributed by atoms with E-state index in [1.54, 1.807) is 0 Å². The molecule has 1 aromatic rings. The van der Waals surface area contributed by atoms with Crippen LogP contribution in [0.25, 0.3) is 0 Å². The number of hydrogen-bond donors (Lipinski definition) is 2. The van der Waals surface area contributed by atoms with Gasteiger partial charge in [0.1, 0.15) is 6.54 Å². The molecule has 5 heteroatoms. The maximum absolute atomic E-state index is 10.6.